The fraction of sp³-hybridized carbons (Fsp3) is 0.292. The first-order valence-electron chi connectivity index (χ1n) is 10.8. The predicted molar refractivity (Wildman–Crippen MR) is 124 cm³/mol. The fourth-order valence-electron chi connectivity index (χ4n) is 4.32. The van der Waals surface area contributed by atoms with Crippen molar-refractivity contribution in [2.24, 2.45) is 5.73 Å². The van der Waals surface area contributed by atoms with Crippen LogP contribution in [-0.2, 0) is 6.42 Å². The van der Waals surface area contributed by atoms with E-state index in [9.17, 15) is 13.6 Å². The van der Waals surface area contributed by atoms with Crippen molar-refractivity contribution in [3.8, 4) is 11.3 Å². The minimum absolute atomic E-state index is 0.270. The molecule has 1 amide bonds. The van der Waals surface area contributed by atoms with Crippen LogP contribution in [0.3, 0.4) is 0 Å². The van der Waals surface area contributed by atoms with Crippen LogP contribution >= 0.6 is 11.3 Å². The summed E-state index contributed by atoms with van der Waals surface area (Å²) in [4.78, 5) is 18.8. The van der Waals surface area contributed by atoms with Gasteiger partial charge in [-0.15, -0.1) is 11.3 Å². The number of amides is 1. The van der Waals surface area contributed by atoms with Gasteiger partial charge in [-0.2, -0.15) is 5.10 Å². The molecule has 170 valence electrons. The summed E-state index contributed by atoms with van der Waals surface area (Å²) in [6, 6.07) is 13.1. The molecule has 1 fully saturated rings. The lowest BCUT2D eigenvalue weighted by atomic mass is 9.87. The van der Waals surface area contributed by atoms with Gasteiger partial charge in [0.1, 0.15) is 6.04 Å². The maximum atomic E-state index is 14.5. The van der Waals surface area contributed by atoms with Crippen molar-refractivity contribution in [2.45, 2.75) is 43.7 Å². The van der Waals surface area contributed by atoms with Crippen LogP contribution in [0, 0.1) is 0 Å². The molecule has 9 heteroatoms. The number of halogens is 2. The maximum absolute atomic E-state index is 14.5. The largest absolute Gasteiger partial charge is 0.341 e. The molecule has 0 saturated heterocycles. The third-order valence-corrected chi connectivity index (χ3v) is 7.15. The average Bonchev–Trinajstić information content (AvgIpc) is 3.41. The molecule has 1 aliphatic carbocycles. The zero-order valence-electron chi connectivity index (χ0n) is 17.7. The summed E-state index contributed by atoms with van der Waals surface area (Å²) in [5, 5.41) is 6.91. The number of nitrogens with one attached hydrogen (secondary N) is 1. The van der Waals surface area contributed by atoms with E-state index in [0.717, 1.165) is 21.7 Å². The van der Waals surface area contributed by atoms with Gasteiger partial charge in [-0.3, -0.25) is 4.79 Å². The Bertz CT molecular complexity index is 1290. The van der Waals surface area contributed by atoms with Gasteiger partial charge in [-0.1, -0.05) is 30.3 Å². The molecule has 1 aliphatic rings. The van der Waals surface area contributed by atoms with Crippen molar-refractivity contribution >= 4 is 22.9 Å². The summed E-state index contributed by atoms with van der Waals surface area (Å²) in [5.74, 6) is -3.56. The molecule has 4 aromatic rings. The Kier molecular flexibility index (Phi) is 5.67. The van der Waals surface area contributed by atoms with Gasteiger partial charge in [-0.05, 0) is 36.6 Å². The number of fused-ring (bicyclic) bond motifs is 1. The minimum Gasteiger partial charge on any atom is -0.341 e. The van der Waals surface area contributed by atoms with Gasteiger partial charge in [0.2, 0.25) is 0 Å². The molecular weight excluding hydrogens is 444 g/mol. The van der Waals surface area contributed by atoms with E-state index in [1.807, 2.05) is 36.4 Å². The van der Waals surface area contributed by atoms with Crippen LogP contribution in [-0.4, -0.2) is 38.5 Å². The molecule has 3 heterocycles. The maximum Gasteiger partial charge on any atom is 0.269 e. The van der Waals surface area contributed by atoms with E-state index in [1.165, 1.54) is 11.3 Å². The van der Waals surface area contributed by atoms with E-state index < -0.39 is 23.9 Å². The predicted octanol–water partition coefficient (Wildman–Crippen LogP) is 4.29. The van der Waals surface area contributed by atoms with Crippen molar-refractivity contribution < 1.29 is 13.6 Å². The molecule has 2 atom stereocenters. The molecule has 3 N–H and O–H groups in total. The van der Waals surface area contributed by atoms with Crippen LogP contribution in [0.1, 0.15) is 39.4 Å². The SMILES string of the molecule is NC1CCCC(F)(F)C1NC(=O)c1cc(-c2cnc3cccnn23)c(Cc2ccccc2)s1. The molecule has 6 nitrogen and oxygen atoms in total. The van der Waals surface area contributed by atoms with Crippen LogP contribution in [0.15, 0.2) is 60.9 Å². The number of thiophene rings is 1. The molecule has 2 unspecified atom stereocenters. The quantitative estimate of drug-likeness (QED) is 0.459. The molecule has 3 aromatic heterocycles. The minimum atomic E-state index is -3.02. The third-order valence-electron chi connectivity index (χ3n) is 6.01. The first kappa shape index (κ1) is 21.7. The Hall–Kier alpha value is -3.17. The Morgan fingerprint density at radius 3 is 2.85 bits per heavy atom. The normalized spacial score (nSPS) is 20.1. The lowest BCUT2D eigenvalue weighted by Crippen LogP contribution is -2.59. The monoisotopic (exact) mass is 467 g/mol. The van der Waals surface area contributed by atoms with E-state index in [0.29, 0.717) is 29.8 Å². The van der Waals surface area contributed by atoms with Crippen LogP contribution in [0.4, 0.5) is 8.78 Å². The third kappa shape index (κ3) is 4.26. The Morgan fingerprint density at radius 2 is 2.06 bits per heavy atom. The molecule has 0 spiro atoms. The highest BCUT2D eigenvalue weighted by molar-refractivity contribution is 7.14. The molecule has 1 saturated carbocycles. The van der Waals surface area contributed by atoms with Gasteiger partial charge < -0.3 is 11.1 Å². The fourth-order valence-corrected chi connectivity index (χ4v) is 5.42. The summed E-state index contributed by atoms with van der Waals surface area (Å²) >= 11 is 1.29. The van der Waals surface area contributed by atoms with Crippen molar-refractivity contribution in [1.82, 2.24) is 19.9 Å². The number of aromatic nitrogens is 3. The molecule has 0 aliphatic heterocycles. The number of hydrogen-bond donors (Lipinski definition) is 2. The van der Waals surface area contributed by atoms with Gasteiger partial charge in [0.25, 0.3) is 11.8 Å². The number of carbonyl (C=O) groups excluding carboxylic acids is 1. The standard InChI is InChI=1S/C24H23F2N5OS/c25-24(26)10-4-8-17(27)22(24)30-23(32)20-13-16(18-14-28-21-9-5-11-29-31(18)21)19(33-20)12-15-6-2-1-3-7-15/h1-3,5-7,9,11,13-14,17,22H,4,8,10,12,27H2,(H,30,32). The highest BCUT2D eigenvalue weighted by Crippen LogP contribution is 2.36. The second kappa shape index (κ2) is 8.64. The second-order valence-corrected chi connectivity index (χ2v) is 9.45. The van der Waals surface area contributed by atoms with E-state index in [-0.39, 0.29) is 6.42 Å². The van der Waals surface area contributed by atoms with Gasteiger partial charge in [0.15, 0.2) is 5.65 Å². The number of benzene rings is 1. The first-order chi connectivity index (χ1) is 15.9. The van der Waals surface area contributed by atoms with Crippen LogP contribution < -0.4 is 11.1 Å². The van der Waals surface area contributed by atoms with Crippen molar-refractivity contribution in [1.29, 1.82) is 0 Å². The van der Waals surface area contributed by atoms with E-state index in [2.05, 4.69) is 15.4 Å². The van der Waals surface area contributed by atoms with E-state index >= 15 is 0 Å². The first-order valence-corrected chi connectivity index (χ1v) is 11.6. The Labute approximate surface area is 193 Å². The number of nitrogens with two attached hydrogens (primary N) is 1. The summed E-state index contributed by atoms with van der Waals surface area (Å²) < 4.78 is 30.6. The molecule has 0 bridgehead atoms. The topological polar surface area (TPSA) is 85.3 Å². The van der Waals surface area contributed by atoms with Crippen molar-refractivity contribution in [3.63, 3.8) is 0 Å². The highest BCUT2D eigenvalue weighted by Gasteiger charge is 2.46. The van der Waals surface area contributed by atoms with E-state index in [1.54, 1.807) is 29.0 Å². The van der Waals surface area contributed by atoms with Crippen molar-refractivity contribution in [2.75, 3.05) is 0 Å². The zero-order chi connectivity index (χ0) is 23.0. The summed E-state index contributed by atoms with van der Waals surface area (Å²) in [5.41, 5.74) is 9.26. The zero-order valence-corrected chi connectivity index (χ0v) is 18.6. The number of alkyl halides is 2. The summed E-state index contributed by atoms with van der Waals surface area (Å²) in [6.45, 7) is 0. The molecule has 33 heavy (non-hydrogen) atoms. The molecule has 1 aromatic carbocycles. The van der Waals surface area contributed by atoms with Gasteiger partial charge in [0.05, 0.1) is 16.8 Å². The number of nitrogens with zero attached hydrogens (tertiary/aromatic N) is 3. The van der Waals surface area contributed by atoms with Gasteiger partial charge >= 0.3 is 0 Å². The van der Waals surface area contributed by atoms with Crippen LogP contribution in [0.2, 0.25) is 0 Å². The lowest BCUT2D eigenvalue weighted by molar-refractivity contribution is -0.0674. The average molecular weight is 468 g/mol. The molecule has 5 rings (SSSR count). The number of rotatable bonds is 5. The Balaban J connectivity index is 1.52. The molecular formula is C24H23F2N5OS. The highest BCUT2D eigenvalue weighted by atomic mass is 32.1. The lowest BCUT2D eigenvalue weighted by Gasteiger charge is -2.36. The second-order valence-electron chi connectivity index (χ2n) is 8.32. The number of carbonyl (C=O) groups is 1. The van der Waals surface area contributed by atoms with E-state index in [4.69, 9.17) is 5.73 Å². The Morgan fingerprint density at radius 1 is 1.24 bits per heavy atom. The molecule has 0 radical (unpaired) electrons. The number of hydrogen-bond acceptors (Lipinski definition) is 5. The summed E-state index contributed by atoms with van der Waals surface area (Å²) in [7, 11) is 0. The summed E-state index contributed by atoms with van der Waals surface area (Å²) in [6.07, 6.45) is 4.52. The van der Waals surface area contributed by atoms with Crippen molar-refractivity contribution in [3.05, 3.63) is 76.2 Å². The van der Waals surface area contributed by atoms with Gasteiger partial charge in [-0.25, -0.2) is 18.3 Å². The smallest absolute Gasteiger partial charge is 0.269 e. The van der Waals surface area contributed by atoms with Crippen LogP contribution in [0.5, 0.6) is 0 Å². The van der Waals surface area contributed by atoms with Gasteiger partial charge in [0, 0.05) is 35.5 Å². The van der Waals surface area contributed by atoms with Crippen LogP contribution in [0.25, 0.3) is 16.9 Å². The number of imidazole rings is 1.